The maximum atomic E-state index is 10.6. The van der Waals surface area contributed by atoms with Crippen molar-refractivity contribution in [3.8, 4) is 0 Å². The fourth-order valence-electron chi connectivity index (χ4n) is 1.18. The van der Waals surface area contributed by atoms with Gasteiger partial charge < -0.3 is 10.2 Å². The van der Waals surface area contributed by atoms with E-state index >= 15 is 0 Å². The molecule has 0 unspecified atom stereocenters. The second kappa shape index (κ2) is 6.02. The molecule has 0 saturated carbocycles. The first kappa shape index (κ1) is 10.6. The Morgan fingerprint density at radius 3 is 2.93 bits per heavy atom. The monoisotopic (exact) mass is 192 g/mol. The maximum absolute atomic E-state index is 10.6. The van der Waals surface area contributed by atoms with E-state index in [1.807, 2.05) is 30.5 Å². The molecule has 1 N–H and O–H groups in total. The lowest BCUT2D eigenvalue weighted by Gasteiger charge is -2.18. The average Bonchev–Trinajstić information content (AvgIpc) is 2.07. The van der Waals surface area contributed by atoms with E-state index in [0.717, 1.165) is 13.1 Å². The molecular weight excluding hydrogens is 176 g/mol. The van der Waals surface area contributed by atoms with Crippen molar-refractivity contribution in [2.75, 3.05) is 19.6 Å². The van der Waals surface area contributed by atoms with Crippen LogP contribution in [0.1, 0.15) is 6.92 Å². The van der Waals surface area contributed by atoms with Crippen LogP contribution in [0.4, 0.5) is 0 Å². The number of amides is 1. The topological polar surface area (TPSA) is 32.3 Å². The molecule has 1 amide bonds. The molecule has 1 aliphatic heterocycles. The predicted molar refractivity (Wildman–Crippen MR) is 57.7 cm³/mol. The molecule has 0 atom stereocenters. The van der Waals surface area contributed by atoms with Crippen molar-refractivity contribution in [2.24, 2.45) is 0 Å². The molecule has 0 aliphatic carbocycles. The van der Waals surface area contributed by atoms with E-state index in [4.69, 9.17) is 0 Å². The molecule has 14 heavy (non-hydrogen) atoms. The van der Waals surface area contributed by atoms with Crippen molar-refractivity contribution in [1.29, 1.82) is 0 Å². The van der Waals surface area contributed by atoms with Gasteiger partial charge in [0.05, 0.1) is 0 Å². The summed E-state index contributed by atoms with van der Waals surface area (Å²) in [7, 11) is 0. The summed E-state index contributed by atoms with van der Waals surface area (Å²) >= 11 is 0. The second-order valence-electron chi connectivity index (χ2n) is 3.13. The van der Waals surface area contributed by atoms with Crippen LogP contribution in [0.5, 0.6) is 0 Å². The molecule has 3 nitrogen and oxygen atoms in total. The molecule has 0 saturated heterocycles. The number of allylic oxidation sites excluding steroid dienone is 4. The lowest BCUT2D eigenvalue weighted by molar-refractivity contribution is -0.118. The van der Waals surface area contributed by atoms with E-state index in [-0.39, 0.29) is 5.91 Å². The summed E-state index contributed by atoms with van der Waals surface area (Å²) in [5, 5.41) is 2.77. The highest BCUT2D eigenvalue weighted by Gasteiger charge is 1.97. The van der Waals surface area contributed by atoms with E-state index in [2.05, 4.69) is 16.3 Å². The van der Waals surface area contributed by atoms with Gasteiger partial charge in [0, 0.05) is 26.6 Å². The maximum Gasteiger partial charge on any atom is 0.216 e. The first-order chi connectivity index (χ1) is 6.79. The van der Waals surface area contributed by atoms with Crippen LogP contribution in [0.2, 0.25) is 0 Å². The molecule has 0 aromatic rings. The number of hydrogen-bond acceptors (Lipinski definition) is 2. The van der Waals surface area contributed by atoms with E-state index in [0.29, 0.717) is 6.54 Å². The third-order valence-electron chi connectivity index (χ3n) is 1.88. The van der Waals surface area contributed by atoms with E-state index in [1.54, 1.807) is 0 Å². The van der Waals surface area contributed by atoms with Gasteiger partial charge >= 0.3 is 0 Å². The van der Waals surface area contributed by atoms with Gasteiger partial charge in [-0.3, -0.25) is 4.79 Å². The highest BCUT2D eigenvalue weighted by Crippen LogP contribution is 1.94. The summed E-state index contributed by atoms with van der Waals surface area (Å²) in [6.45, 7) is 3.96. The Balaban J connectivity index is 2.29. The minimum atomic E-state index is 0.0245. The van der Waals surface area contributed by atoms with Crippen LogP contribution < -0.4 is 5.32 Å². The van der Waals surface area contributed by atoms with Crippen LogP contribution in [0.3, 0.4) is 0 Å². The summed E-state index contributed by atoms with van der Waals surface area (Å²) in [5.74, 6) is 0.0245. The number of nitrogens with zero attached hydrogens (tertiary/aromatic N) is 1. The summed E-state index contributed by atoms with van der Waals surface area (Å²) in [6, 6.07) is 0. The number of carbonyl (C=O) groups is 1. The molecule has 3 heteroatoms. The van der Waals surface area contributed by atoms with Crippen molar-refractivity contribution in [2.45, 2.75) is 6.92 Å². The van der Waals surface area contributed by atoms with Gasteiger partial charge in [-0.1, -0.05) is 24.3 Å². The first-order valence-electron chi connectivity index (χ1n) is 4.77. The Hall–Kier alpha value is -1.51. The molecule has 0 spiro atoms. The van der Waals surface area contributed by atoms with Crippen LogP contribution in [0.15, 0.2) is 36.6 Å². The van der Waals surface area contributed by atoms with Crippen LogP contribution >= 0.6 is 0 Å². The molecule has 1 aliphatic rings. The van der Waals surface area contributed by atoms with Gasteiger partial charge in [-0.05, 0) is 12.3 Å². The highest BCUT2D eigenvalue weighted by molar-refractivity contribution is 5.72. The minimum absolute atomic E-state index is 0.0245. The van der Waals surface area contributed by atoms with Crippen LogP contribution in [0.25, 0.3) is 0 Å². The van der Waals surface area contributed by atoms with Crippen molar-refractivity contribution in [1.82, 2.24) is 10.2 Å². The molecule has 76 valence electrons. The summed E-state index contributed by atoms with van der Waals surface area (Å²) in [6.07, 6.45) is 12.1. The van der Waals surface area contributed by atoms with Gasteiger partial charge in [0.25, 0.3) is 0 Å². The van der Waals surface area contributed by atoms with Crippen molar-refractivity contribution < 1.29 is 4.79 Å². The fourth-order valence-corrected chi connectivity index (χ4v) is 1.18. The lowest BCUT2D eigenvalue weighted by atomic mass is 10.3. The number of hydrogen-bond donors (Lipinski definition) is 1. The van der Waals surface area contributed by atoms with Crippen LogP contribution in [-0.4, -0.2) is 30.4 Å². The normalized spacial score (nSPS) is 21.9. The molecule has 0 bridgehead atoms. The standard InChI is InChI=1S/C11H16N2O/c1-11(14)12-7-10-13-8-5-3-2-4-6-9-13/h2-6,8H,7,9-10H2,1H3,(H,12,14)/b3-2-,6-4-,8-5-. The van der Waals surface area contributed by atoms with Crippen LogP contribution in [-0.2, 0) is 4.79 Å². The number of nitrogens with one attached hydrogen (secondary N) is 1. The largest absolute Gasteiger partial charge is 0.372 e. The molecular formula is C11H16N2O. The Morgan fingerprint density at radius 2 is 2.14 bits per heavy atom. The van der Waals surface area contributed by atoms with Crippen molar-refractivity contribution in [3.05, 3.63) is 36.6 Å². The van der Waals surface area contributed by atoms with Gasteiger partial charge in [-0.15, -0.1) is 0 Å². The van der Waals surface area contributed by atoms with Crippen LogP contribution in [0, 0.1) is 0 Å². The SMILES string of the molecule is CC(=O)NCCN1\C=C/C=C\C=C/C1. The van der Waals surface area contributed by atoms with Gasteiger partial charge in [-0.25, -0.2) is 0 Å². The fraction of sp³-hybridized carbons (Fsp3) is 0.364. The van der Waals surface area contributed by atoms with Crippen molar-refractivity contribution in [3.63, 3.8) is 0 Å². The Morgan fingerprint density at radius 1 is 1.36 bits per heavy atom. The number of carbonyl (C=O) groups excluding carboxylic acids is 1. The third kappa shape index (κ3) is 4.50. The smallest absolute Gasteiger partial charge is 0.216 e. The molecule has 0 fully saturated rings. The summed E-state index contributed by atoms with van der Waals surface area (Å²) < 4.78 is 0. The van der Waals surface area contributed by atoms with Gasteiger partial charge in [-0.2, -0.15) is 0 Å². The highest BCUT2D eigenvalue weighted by atomic mass is 16.1. The average molecular weight is 192 g/mol. The predicted octanol–water partition coefficient (Wildman–Crippen LogP) is 1.06. The van der Waals surface area contributed by atoms with E-state index < -0.39 is 0 Å². The molecule has 1 rings (SSSR count). The van der Waals surface area contributed by atoms with Gasteiger partial charge in [0.2, 0.25) is 5.91 Å². The molecule has 0 aromatic carbocycles. The van der Waals surface area contributed by atoms with E-state index in [1.165, 1.54) is 6.92 Å². The molecule has 1 heterocycles. The Labute approximate surface area is 84.8 Å². The quantitative estimate of drug-likeness (QED) is 0.725. The summed E-state index contributed by atoms with van der Waals surface area (Å²) in [4.78, 5) is 12.8. The second-order valence-corrected chi connectivity index (χ2v) is 3.13. The molecule has 0 radical (unpaired) electrons. The van der Waals surface area contributed by atoms with Gasteiger partial charge in [0.15, 0.2) is 0 Å². The van der Waals surface area contributed by atoms with E-state index in [9.17, 15) is 4.79 Å². The summed E-state index contributed by atoms with van der Waals surface area (Å²) in [5.41, 5.74) is 0. The third-order valence-corrected chi connectivity index (χ3v) is 1.88. The first-order valence-corrected chi connectivity index (χ1v) is 4.77. The Bertz CT molecular complexity index is 266. The van der Waals surface area contributed by atoms with Crippen molar-refractivity contribution >= 4 is 5.91 Å². The Kier molecular flexibility index (Phi) is 4.55. The zero-order valence-electron chi connectivity index (χ0n) is 8.44. The zero-order valence-corrected chi connectivity index (χ0v) is 8.44. The minimum Gasteiger partial charge on any atom is -0.372 e. The lowest BCUT2D eigenvalue weighted by Crippen LogP contribution is -2.31. The van der Waals surface area contributed by atoms with Gasteiger partial charge in [0.1, 0.15) is 0 Å². The number of rotatable bonds is 3. The molecule has 0 aromatic heterocycles. The zero-order chi connectivity index (χ0) is 10.2.